The molecule has 1 amide bonds. The van der Waals surface area contributed by atoms with Crippen molar-refractivity contribution in [2.75, 3.05) is 24.3 Å². The van der Waals surface area contributed by atoms with Crippen molar-refractivity contribution in [1.82, 2.24) is 4.98 Å². The van der Waals surface area contributed by atoms with Crippen LogP contribution >= 0.6 is 0 Å². The first-order valence-electron chi connectivity index (χ1n) is 9.30. The first-order chi connectivity index (χ1) is 14.0. The fourth-order valence-corrected chi connectivity index (χ4v) is 2.79. The number of carbonyl (C=O) groups is 2. The number of ether oxygens (including phenoxy) is 1. The lowest BCUT2D eigenvalue weighted by Gasteiger charge is -2.08. The van der Waals surface area contributed by atoms with Crippen molar-refractivity contribution in [3.05, 3.63) is 83.6 Å². The molecular formula is C23H23N3O3. The fourth-order valence-electron chi connectivity index (χ4n) is 2.79. The van der Waals surface area contributed by atoms with Gasteiger partial charge >= 0.3 is 0 Å². The number of rotatable bonds is 8. The van der Waals surface area contributed by atoms with Crippen molar-refractivity contribution in [1.29, 1.82) is 0 Å². The Morgan fingerprint density at radius 2 is 1.76 bits per heavy atom. The maximum absolute atomic E-state index is 12.4. The molecule has 1 aromatic heterocycles. The van der Waals surface area contributed by atoms with Gasteiger partial charge in [0.15, 0.2) is 5.78 Å². The van der Waals surface area contributed by atoms with Gasteiger partial charge in [-0.3, -0.25) is 9.59 Å². The first kappa shape index (κ1) is 20.1. The lowest BCUT2D eigenvalue weighted by Crippen LogP contribution is -2.13. The van der Waals surface area contributed by atoms with E-state index < -0.39 is 0 Å². The number of pyridine rings is 1. The van der Waals surface area contributed by atoms with Crippen LogP contribution < -0.4 is 15.4 Å². The second kappa shape index (κ2) is 9.50. The second-order valence-electron chi connectivity index (χ2n) is 6.55. The zero-order chi connectivity index (χ0) is 20.6. The third-order valence-corrected chi connectivity index (χ3v) is 4.43. The van der Waals surface area contributed by atoms with Crippen molar-refractivity contribution in [2.45, 2.75) is 13.3 Å². The standard InChI is InChI=1S/C23H23N3O3/c1-16(27)18-6-9-20(10-7-18)26-23(28)19-8-11-22(25-15-19)24-13-12-17-4-3-5-21(14-17)29-2/h3-11,14-15H,12-13H2,1-2H3,(H,24,25)(H,26,28). The third-order valence-electron chi connectivity index (χ3n) is 4.43. The monoisotopic (exact) mass is 389 g/mol. The second-order valence-corrected chi connectivity index (χ2v) is 6.55. The summed E-state index contributed by atoms with van der Waals surface area (Å²) >= 11 is 0. The van der Waals surface area contributed by atoms with Gasteiger partial charge in [-0.05, 0) is 67.4 Å². The molecule has 0 aliphatic heterocycles. The zero-order valence-corrected chi connectivity index (χ0v) is 16.4. The molecule has 1 heterocycles. The van der Waals surface area contributed by atoms with E-state index in [4.69, 9.17) is 4.74 Å². The Kier molecular flexibility index (Phi) is 6.58. The van der Waals surface area contributed by atoms with Crippen molar-refractivity contribution in [3.8, 4) is 5.75 Å². The van der Waals surface area contributed by atoms with E-state index in [-0.39, 0.29) is 11.7 Å². The molecule has 0 atom stereocenters. The molecule has 6 nitrogen and oxygen atoms in total. The van der Waals surface area contributed by atoms with E-state index in [2.05, 4.69) is 15.6 Å². The molecule has 2 N–H and O–H groups in total. The molecule has 0 radical (unpaired) electrons. The minimum absolute atomic E-state index is 0.0124. The van der Waals surface area contributed by atoms with Crippen LogP contribution in [0.1, 0.15) is 33.2 Å². The molecule has 3 aromatic rings. The van der Waals surface area contributed by atoms with Gasteiger partial charge in [-0.25, -0.2) is 4.98 Å². The van der Waals surface area contributed by atoms with Crippen LogP contribution in [0.25, 0.3) is 0 Å². The lowest BCUT2D eigenvalue weighted by atomic mass is 10.1. The molecule has 0 bridgehead atoms. The number of methoxy groups -OCH3 is 1. The summed E-state index contributed by atoms with van der Waals surface area (Å²) in [5.74, 6) is 1.28. The van der Waals surface area contributed by atoms with Crippen molar-refractivity contribution in [2.24, 2.45) is 0 Å². The number of ketones is 1. The molecule has 29 heavy (non-hydrogen) atoms. The van der Waals surface area contributed by atoms with E-state index in [1.807, 2.05) is 24.3 Å². The SMILES string of the molecule is COc1cccc(CCNc2ccc(C(=O)Nc3ccc(C(C)=O)cc3)cn2)c1. The highest BCUT2D eigenvalue weighted by Crippen LogP contribution is 2.14. The summed E-state index contributed by atoms with van der Waals surface area (Å²) in [7, 11) is 1.65. The van der Waals surface area contributed by atoms with Gasteiger partial charge in [-0.2, -0.15) is 0 Å². The Labute approximate surface area is 169 Å². The minimum Gasteiger partial charge on any atom is -0.497 e. The molecule has 6 heteroatoms. The predicted octanol–water partition coefficient (Wildman–Crippen LogP) is 4.20. The van der Waals surface area contributed by atoms with E-state index in [0.717, 1.165) is 12.2 Å². The van der Waals surface area contributed by atoms with Crippen LogP contribution in [0.4, 0.5) is 11.5 Å². The highest BCUT2D eigenvalue weighted by atomic mass is 16.5. The number of aromatic nitrogens is 1. The van der Waals surface area contributed by atoms with Gasteiger partial charge in [-0.1, -0.05) is 12.1 Å². The number of Topliss-reactive ketones (excluding diaryl/α,β-unsaturated/α-hetero) is 1. The van der Waals surface area contributed by atoms with Crippen LogP contribution in [-0.4, -0.2) is 30.3 Å². The average Bonchev–Trinajstić information content (AvgIpc) is 2.74. The van der Waals surface area contributed by atoms with Crippen LogP contribution in [0.15, 0.2) is 66.9 Å². The molecule has 2 aromatic carbocycles. The van der Waals surface area contributed by atoms with Crippen LogP contribution in [0.3, 0.4) is 0 Å². The molecular weight excluding hydrogens is 366 g/mol. The summed E-state index contributed by atoms with van der Waals surface area (Å²) in [4.78, 5) is 28.0. The number of amides is 1. The fraction of sp³-hybridized carbons (Fsp3) is 0.174. The smallest absolute Gasteiger partial charge is 0.257 e. The summed E-state index contributed by atoms with van der Waals surface area (Å²) in [6, 6.07) is 18.2. The summed E-state index contributed by atoms with van der Waals surface area (Å²) < 4.78 is 5.23. The maximum atomic E-state index is 12.4. The van der Waals surface area contributed by atoms with Gasteiger partial charge in [0.25, 0.3) is 5.91 Å². The zero-order valence-electron chi connectivity index (χ0n) is 16.4. The van der Waals surface area contributed by atoms with Gasteiger partial charge < -0.3 is 15.4 Å². The third kappa shape index (κ3) is 5.65. The van der Waals surface area contributed by atoms with E-state index in [9.17, 15) is 9.59 Å². The molecule has 0 aliphatic rings. The molecule has 148 valence electrons. The maximum Gasteiger partial charge on any atom is 0.257 e. The largest absolute Gasteiger partial charge is 0.497 e. The van der Waals surface area contributed by atoms with E-state index in [1.165, 1.54) is 18.7 Å². The van der Waals surface area contributed by atoms with Gasteiger partial charge in [0, 0.05) is 24.0 Å². The predicted molar refractivity (Wildman–Crippen MR) is 114 cm³/mol. The molecule has 0 saturated carbocycles. The van der Waals surface area contributed by atoms with E-state index in [0.29, 0.717) is 29.2 Å². The van der Waals surface area contributed by atoms with Gasteiger partial charge in [0.2, 0.25) is 0 Å². The van der Waals surface area contributed by atoms with Gasteiger partial charge in [0.05, 0.1) is 12.7 Å². The number of carbonyl (C=O) groups excluding carboxylic acids is 2. The molecule has 0 fully saturated rings. The van der Waals surface area contributed by atoms with E-state index in [1.54, 1.807) is 43.5 Å². The molecule has 0 spiro atoms. The molecule has 0 saturated heterocycles. The van der Waals surface area contributed by atoms with Crippen molar-refractivity contribution in [3.63, 3.8) is 0 Å². The first-order valence-corrected chi connectivity index (χ1v) is 9.30. The van der Waals surface area contributed by atoms with Crippen LogP contribution in [0.5, 0.6) is 5.75 Å². The number of anilines is 2. The number of nitrogens with one attached hydrogen (secondary N) is 2. The highest BCUT2D eigenvalue weighted by molar-refractivity contribution is 6.04. The highest BCUT2D eigenvalue weighted by Gasteiger charge is 2.07. The molecule has 0 unspecified atom stereocenters. The normalized spacial score (nSPS) is 10.3. The summed E-state index contributed by atoms with van der Waals surface area (Å²) in [5.41, 5.74) is 2.86. The number of nitrogens with zero attached hydrogens (tertiary/aromatic N) is 1. The Bertz CT molecular complexity index is 983. The lowest BCUT2D eigenvalue weighted by molar-refractivity contribution is 0.101. The van der Waals surface area contributed by atoms with Crippen LogP contribution in [-0.2, 0) is 6.42 Å². The molecule has 3 rings (SSSR count). The summed E-state index contributed by atoms with van der Waals surface area (Å²) in [6.45, 7) is 2.22. The van der Waals surface area contributed by atoms with Crippen molar-refractivity contribution < 1.29 is 14.3 Å². The minimum atomic E-state index is -0.254. The quantitative estimate of drug-likeness (QED) is 0.565. The number of benzene rings is 2. The number of hydrogen-bond donors (Lipinski definition) is 2. The summed E-state index contributed by atoms with van der Waals surface area (Å²) in [6.07, 6.45) is 2.37. The summed E-state index contributed by atoms with van der Waals surface area (Å²) in [5, 5.41) is 6.04. The van der Waals surface area contributed by atoms with Crippen molar-refractivity contribution >= 4 is 23.2 Å². The van der Waals surface area contributed by atoms with Crippen LogP contribution in [0.2, 0.25) is 0 Å². The topological polar surface area (TPSA) is 80.3 Å². The van der Waals surface area contributed by atoms with Gasteiger partial charge in [0.1, 0.15) is 11.6 Å². The molecule has 0 aliphatic carbocycles. The Morgan fingerprint density at radius 1 is 1.00 bits per heavy atom. The Morgan fingerprint density at radius 3 is 2.41 bits per heavy atom. The van der Waals surface area contributed by atoms with E-state index >= 15 is 0 Å². The van der Waals surface area contributed by atoms with Crippen LogP contribution in [0, 0.1) is 0 Å². The Hall–Kier alpha value is -3.67. The van der Waals surface area contributed by atoms with Gasteiger partial charge in [-0.15, -0.1) is 0 Å². The average molecular weight is 389 g/mol. The Balaban J connectivity index is 1.52. The number of hydrogen-bond acceptors (Lipinski definition) is 5.